The van der Waals surface area contributed by atoms with Crippen molar-refractivity contribution in [2.24, 2.45) is 29.1 Å². The monoisotopic (exact) mass is 318 g/mol. The third kappa shape index (κ3) is 3.32. The van der Waals surface area contributed by atoms with E-state index in [9.17, 15) is 0 Å². The molecular weight excluding hydrogens is 284 g/mol. The van der Waals surface area contributed by atoms with Crippen LogP contribution in [0.2, 0.25) is 0 Å². The summed E-state index contributed by atoms with van der Waals surface area (Å²) in [5.41, 5.74) is 0.240. The van der Waals surface area contributed by atoms with Gasteiger partial charge in [0.15, 0.2) is 0 Å². The zero-order valence-corrected chi connectivity index (χ0v) is 15.0. The third-order valence-electron chi connectivity index (χ3n) is 6.78. The van der Waals surface area contributed by atoms with Crippen LogP contribution in [0, 0.1) is 29.1 Å². The largest absolute Gasteiger partial charge is 0.501 e. The van der Waals surface area contributed by atoms with Crippen LogP contribution in [-0.2, 0) is 9.47 Å². The topological polar surface area (TPSA) is 18.5 Å². The van der Waals surface area contributed by atoms with E-state index in [2.05, 4.69) is 0 Å². The van der Waals surface area contributed by atoms with Crippen molar-refractivity contribution in [3.8, 4) is 0 Å². The number of rotatable bonds is 7. The van der Waals surface area contributed by atoms with E-state index in [0.29, 0.717) is 0 Å². The first kappa shape index (κ1) is 16.9. The molecule has 0 aromatic rings. The van der Waals surface area contributed by atoms with E-state index in [1.807, 2.05) is 38.5 Å². The minimum Gasteiger partial charge on any atom is -0.501 e. The molecule has 0 spiro atoms. The van der Waals surface area contributed by atoms with E-state index in [1.165, 1.54) is 51.4 Å². The highest BCUT2D eigenvalue weighted by Crippen LogP contribution is 2.63. The standard InChI is InChI=1S/C21H34O2/c1-3-12-22-15-21(16-23-13-4-2)19-11-10-18(14-19)20(21)17-8-6-5-7-9-17/h3-4,12-13,17-20H,5-11,14-16H2,1-2H3. The Balaban J connectivity index is 1.81. The van der Waals surface area contributed by atoms with Crippen LogP contribution in [-0.4, -0.2) is 13.2 Å². The van der Waals surface area contributed by atoms with E-state index >= 15 is 0 Å². The molecule has 0 aliphatic heterocycles. The van der Waals surface area contributed by atoms with Crippen molar-refractivity contribution in [2.75, 3.05) is 13.2 Å². The average molecular weight is 319 g/mol. The molecule has 3 aliphatic rings. The molecule has 0 aromatic heterocycles. The first-order valence-corrected chi connectivity index (χ1v) is 9.77. The Bertz CT molecular complexity index is 404. The van der Waals surface area contributed by atoms with Gasteiger partial charge in [0.25, 0.3) is 0 Å². The molecule has 3 unspecified atom stereocenters. The Morgan fingerprint density at radius 2 is 1.48 bits per heavy atom. The minimum absolute atomic E-state index is 0.240. The lowest BCUT2D eigenvalue weighted by Crippen LogP contribution is -2.47. The molecule has 23 heavy (non-hydrogen) atoms. The van der Waals surface area contributed by atoms with E-state index in [0.717, 1.165) is 36.9 Å². The van der Waals surface area contributed by atoms with Gasteiger partial charge in [-0.2, -0.15) is 0 Å². The predicted octanol–water partition coefficient (Wildman–Crippen LogP) is 5.70. The van der Waals surface area contributed by atoms with E-state index in [-0.39, 0.29) is 5.41 Å². The predicted molar refractivity (Wildman–Crippen MR) is 94.9 cm³/mol. The fraction of sp³-hybridized carbons (Fsp3) is 0.810. The minimum atomic E-state index is 0.240. The molecule has 0 radical (unpaired) electrons. The third-order valence-corrected chi connectivity index (χ3v) is 6.78. The van der Waals surface area contributed by atoms with Gasteiger partial charge in [-0.1, -0.05) is 44.3 Å². The highest BCUT2D eigenvalue weighted by molar-refractivity contribution is 5.08. The van der Waals surface area contributed by atoms with E-state index < -0.39 is 0 Å². The fourth-order valence-electron chi connectivity index (χ4n) is 6.02. The second-order valence-electron chi connectivity index (χ2n) is 7.99. The summed E-state index contributed by atoms with van der Waals surface area (Å²) >= 11 is 0. The maximum absolute atomic E-state index is 5.99. The van der Waals surface area contributed by atoms with Crippen molar-refractivity contribution in [3.05, 3.63) is 24.7 Å². The lowest BCUT2D eigenvalue weighted by atomic mass is 9.60. The molecule has 130 valence electrons. The molecule has 3 rings (SSSR count). The van der Waals surface area contributed by atoms with Crippen LogP contribution in [0.1, 0.15) is 65.2 Å². The smallest absolute Gasteiger partial charge is 0.0967 e. The second kappa shape index (κ2) is 7.77. The van der Waals surface area contributed by atoms with Gasteiger partial charge in [-0.25, -0.2) is 0 Å². The maximum Gasteiger partial charge on any atom is 0.0967 e. The van der Waals surface area contributed by atoms with Crippen LogP contribution >= 0.6 is 0 Å². The van der Waals surface area contributed by atoms with Gasteiger partial charge in [0.2, 0.25) is 0 Å². The van der Waals surface area contributed by atoms with Gasteiger partial charge in [0.1, 0.15) is 0 Å². The second-order valence-corrected chi connectivity index (χ2v) is 7.99. The summed E-state index contributed by atoms with van der Waals surface area (Å²) < 4.78 is 12.0. The average Bonchev–Trinajstić information content (AvgIpc) is 3.16. The summed E-state index contributed by atoms with van der Waals surface area (Å²) in [5, 5.41) is 0. The number of ether oxygens (including phenoxy) is 2. The van der Waals surface area contributed by atoms with Gasteiger partial charge in [0.05, 0.1) is 25.7 Å². The van der Waals surface area contributed by atoms with Crippen LogP contribution in [0.5, 0.6) is 0 Å². The molecule has 0 aromatic carbocycles. The normalized spacial score (nSPS) is 37.9. The molecule has 0 heterocycles. The van der Waals surface area contributed by atoms with Crippen LogP contribution in [0.25, 0.3) is 0 Å². The number of hydrogen-bond donors (Lipinski definition) is 0. The Morgan fingerprint density at radius 3 is 2.09 bits per heavy atom. The molecule has 2 heteroatoms. The Labute approximate surface area is 142 Å². The quantitative estimate of drug-likeness (QED) is 0.561. The summed E-state index contributed by atoms with van der Waals surface area (Å²) in [7, 11) is 0. The van der Waals surface area contributed by atoms with Crippen LogP contribution in [0.4, 0.5) is 0 Å². The summed E-state index contributed by atoms with van der Waals surface area (Å²) in [5.74, 6) is 3.45. The van der Waals surface area contributed by atoms with Crippen LogP contribution < -0.4 is 0 Å². The van der Waals surface area contributed by atoms with Gasteiger partial charge >= 0.3 is 0 Å². The van der Waals surface area contributed by atoms with Crippen molar-refractivity contribution in [2.45, 2.75) is 65.2 Å². The molecule has 3 aliphatic carbocycles. The molecule has 2 nitrogen and oxygen atoms in total. The molecule has 0 N–H and O–H groups in total. The van der Waals surface area contributed by atoms with E-state index in [1.54, 1.807) is 0 Å². The summed E-state index contributed by atoms with van der Waals surface area (Å²) in [6.45, 7) is 5.75. The molecule has 0 amide bonds. The van der Waals surface area contributed by atoms with Crippen molar-refractivity contribution in [1.29, 1.82) is 0 Å². The molecule has 3 atom stereocenters. The molecule has 3 saturated carbocycles. The molecule has 0 saturated heterocycles. The Morgan fingerprint density at radius 1 is 0.826 bits per heavy atom. The van der Waals surface area contributed by atoms with Crippen molar-refractivity contribution >= 4 is 0 Å². The number of fused-ring (bicyclic) bond motifs is 2. The summed E-state index contributed by atoms with van der Waals surface area (Å²) in [4.78, 5) is 0. The lowest BCUT2D eigenvalue weighted by Gasteiger charge is -2.47. The molecule has 2 bridgehead atoms. The van der Waals surface area contributed by atoms with Gasteiger partial charge in [-0.15, -0.1) is 0 Å². The maximum atomic E-state index is 5.99. The highest BCUT2D eigenvalue weighted by Gasteiger charge is 2.60. The van der Waals surface area contributed by atoms with Crippen molar-refractivity contribution in [1.82, 2.24) is 0 Å². The Hall–Kier alpha value is -0.920. The van der Waals surface area contributed by atoms with Crippen molar-refractivity contribution in [3.63, 3.8) is 0 Å². The van der Waals surface area contributed by atoms with Crippen LogP contribution in [0.3, 0.4) is 0 Å². The van der Waals surface area contributed by atoms with Gasteiger partial charge in [-0.05, 0) is 56.8 Å². The number of hydrogen-bond acceptors (Lipinski definition) is 2. The first-order chi connectivity index (χ1) is 11.3. The van der Waals surface area contributed by atoms with Gasteiger partial charge < -0.3 is 9.47 Å². The SMILES string of the molecule is CC=COCC1(COC=CC)C2CCC(C2)C1C1CCCCC1. The van der Waals surface area contributed by atoms with Crippen molar-refractivity contribution < 1.29 is 9.47 Å². The van der Waals surface area contributed by atoms with Crippen LogP contribution in [0.15, 0.2) is 24.7 Å². The lowest BCUT2D eigenvalue weighted by molar-refractivity contribution is -0.0697. The van der Waals surface area contributed by atoms with E-state index in [4.69, 9.17) is 9.47 Å². The molecule has 3 fully saturated rings. The zero-order valence-electron chi connectivity index (χ0n) is 15.0. The number of allylic oxidation sites excluding steroid dienone is 2. The summed E-state index contributed by atoms with van der Waals surface area (Å²) in [6.07, 6.45) is 19.2. The summed E-state index contributed by atoms with van der Waals surface area (Å²) in [6, 6.07) is 0. The van der Waals surface area contributed by atoms with Gasteiger partial charge in [0, 0.05) is 5.41 Å². The first-order valence-electron chi connectivity index (χ1n) is 9.77. The highest BCUT2D eigenvalue weighted by atomic mass is 16.5. The zero-order chi connectivity index (χ0) is 16.1. The fourth-order valence-corrected chi connectivity index (χ4v) is 6.02. The molecular formula is C21H34O2. The Kier molecular flexibility index (Phi) is 5.71. The van der Waals surface area contributed by atoms with Gasteiger partial charge in [-0.3, -0.25) is 0 Å².